The maximum absolute atomic E-state index is 12.8. The first-order valence-corrected chi connectivity index (χ1v) is 9.78. The summed E-state index contributed by atoms with van der Waals surface area (Å²) >= 11 is 26.5. The number of fused-ring (bicyclic) bond motifs is 12. The van der Waals surface area contributed by atoms with Crippen LogP contribution in [-0.4, -0.2) is 44.9 Å². The van der Waals surface area contributed by atoms with Crippen molar-refractivity contribution >= 4 is 58.2 Å². The second-order valence-corrected chi connectivity index (χ2v) is 9.93. The maximum Gasteiger partial charge on any atom is 0.260 e. The summed E-state index contributed by atoms with van der Waals surface area (Å²) in [6, 6.07) is 0. The van der Waals surface area contributed by atoms with Crippen molar-refractivity contribution in [2.45, 2.75) is 48.3 Å². The fourth-order valence-corrected chi connectivity index (χ4v) is 7.60. The molecule has 9 heteroatoms. The molecule has 8 atom stereocenters. The summed E-state index contributed by atoms with van der Waals surface area (Å²) in [7, 11) is 0. The predicted octanol–water partition coefficient (Wildman–Crippen LogP) is 3.00. The highest BCUT2D eigenvalue weighted by atomic mass is 35.5. The Balaban J connectivity index is 1.58. The zero-order valence-corrected chi connectivity index (χ0v) is 16.4. The minimum Gasteiger partial charge on any atom is -0.373 e. The molecule has 136 valence electrons. The molecule has 2 amide bonds. The van der Waals surface area contributed by atoms with Crippen molar-refractivity contribution in [3.05, 3.63) is 10.1 Å². The minimum absolute atomic E-state index is 0.247. The normalized spacial score (nSPS) is 52.8. The maximum atomic E-state index is 12.8. The van der Waals surface area contributed by atoms with Gasteiger partial charge in [-0.05, 0) is 20.3 Å². The van der Waals surface area contributed by atoms with E-state index >= 15 is 0 Å². The summed E-state index contributed by atoms with van der Waals surface area (Å²) in [5.41, 5.74) is 0. The van der Waals surface area contributed by atoms with Gasteiger partial charge in [-0.2, -0.15) is 5.06 Å². The highest BCUT2D eigenvalue weighted by molar-refractivity contribution is 6.51. The van der Waals surface area contributed by atoms with Gasteiger partial charge in [0.2, 0.25) is 0 Å². The Labute approximate surface area is 164 Å². The van der Waals surface area contributed by atoms with Gasteiger partial charge < -0.3 is 4.74 Å². The minimum atomic E-state index is -0.939. The van der Waals surface area contributed by atoms with Gasteiger partial charge in [-0.15, -0.1) is 23.2 Å². The van der Waals surface area contributed by atoms with Crippen LogP contribution in [0.3, 0.4) is 0 Å². The van der Waals surface area contributed by atoms with Gasteiger partial charge in [0.1, 0.15) is 0 Å². The van der Waals surface area contributed by atoms with Crippen LogP contribution < -0.4 is 0 Å². The van der Waals surface area contributed by atoms with Gasteiger partial charge in [0, 0.05) is 11.8 Å². The predicted molar refractivity (Wildman–Crippen MR) is 91.2 cm³/mol. The number of amides is 2. The van der Waals surface area contributed by atoms with Crippen molar-refractivity contribution in [2.75, 3.05) is 0 Å². The first-order valence-electron chi connectivity index (χ1n) is 8.27. The van der Waals surface area contributed by atoms with Gasteiger partial charge in [0.05, 0.1) is 50.0 Å². The Hall–Kier alpha value is -0.0400. The molecule has 4 fully saturated rings. The average Bonchev–Trinajstić information content (AvgIpc) is 3.25. The number of nitrogens with zero attached hydrogens (tertiary/aromatic N) is 1. The largest absolute Gasteiger partial charge is 0.373 e. The quantitative estimate of drug-likeness (QED) is 0.503. The van der Waals surface area contributed by atoms with Gasteiger partial charge >= 0.3 is 0 Å². The molecule has 25 heavy (non-hydrogen) atoms. The van der Waals surface area contributed by atoms with Crippen molar-refractivity contribution in [3.63, 3.8) is 0 Å². The molecule has 0 aromatic carbocycles. The second kappa shape index (κ2) is 4.86. The zero-order chi connectivity index (χ0) is 18.0. The number of allylic oxidation sites excluding steroid dienone is 2. The number of imide groups is 1. The van der Waals surface area contributed by atoms with Gasteiger partial charge in [0.15, 0.2) is 0 Å². The van der Waals surface area contributed by atoms with E-state index in [9.17, 15) is 9.59 Å². The molecule has 0 unspecified atom stereocenters. The number of carbonyl (C=O) groups excluding carboxylic acids is 2. The lowest BCUT2D eigenvalue weighted by Gasteiger charge is -2.40. The summed E-state index contributed by atoms with van der Waals surface area (Å²) in [6.07, 6.45) is -0.909. The molecule has 5 rings (SSSR count). The van der Waals surface area contributed by atoms with E-state index < -0.39 is 33.8 Å². The fraction of sp³-hybridized carbons (Fsp3) is 0.750. The highest BCUT2D eigenvalue weighted by Crippen LogP contribution is 2.75. The van der Waals surface area contributed by atoms with Crippen LogP contribution in [0.25, 0.3) is 0 Å². The fourth-order valence-electron chi connectivity index (χ4n) is 5.58. The van der Waals surface area contributed by atoms with Crippen LogP contribution in [0.5, 0.6) is 0 Å². The van der Waals surface area contributed by atoms with E-state index in [1.165, 1.54) is 0 Å². The van der Waals surface area contributed by atoms with Crippen molar-refractivity contribution in [3.8, 4) is 0 Å². The Kier molecular flexibility index (Phi) is 3.32. The summed E-state index contributed by atoms with van der Waals surface area (Å²) < 4.78 is 6.07. The molecular weight excluding hydrogens is 412 g/mol. The monoisotopic (exact) mass is 425 g/mol. The molecule has 0 aromatic rings. The molecule has 3 heterocycles. The van der Waals surface area contributed by atoms with E-state index in [4.69, 9.17) is 56.0 Å². The molecule has 3 saturated heterocycles. The molecule has 1 saturated carbocycles. The van der Waals surface area contributed by atoms with E-state index in [2.05, 4.69) is 0 Å². The molecule has 0 radical (unpaired) electrons. The number of ether oxygens (including phenoxy) is 1. The molecule has 5 aliphatic rings. The molecule has 0 spiro atoms. The number of hydroxylamine groups is 2. The van der Waals surface area contributed by atoms with E-state index in [-0.39, 0.29) is 29.8 Å². The lowest BCUT2D eigenvalue weighted by Crippen LogP contribution is -2.50. The Morgan fingerprint density at radius 1 is 1.04 bits per heavy atom. The van der Waals surface area contributed by atoms with Gasteiger partial charge in [-0.3, -0.25) is 14.4 Å². The summed E-state index contributed by atoms with van der Waals surface area (Å²) in [5, 5.41) is 1.57. The van der Waals surface area contributed by atoms with Crippen molar-refractivity contribution in [1.82, 2.24) is 5.06 Å². The number of rotatable bonds is 2. The molecule has 5 nitrogen and oxygen atoms in total. The van der Waals surface area contributed by atoms with Crippen LogP contribution in [0, 0.1) is 23.7 Å². The standard InChI is InChI=1S/C16H15Cl4NO4/c1-4(2)25-21-13(22)5-6(14(21)23)10-8-7(9(5)24-10)15(19)3-16(8,20)12(18)11(15)17/h4-10H,3H2,1-2H3/t5-,6+,7-,8-,9+,10-,15+,16+/m1/s1. The Bertz CT molecular complexity index is 702. The van der Waals surface area contributed by atoms with Crippen LogP contribution >= 0.6 is 46.4 Å². The Morgan fingerprint density at radius 2 is 1.48 bits per heavy atom. The number of alkyl halides is 2. The van der Waals surface area contributed by atoms with Crippen molar-refractivity contribution < 1.29 is 19.2 Å². The van der Waals surface area contributed by atoms with E-state index in [1.54, 1.807) is 13.8 Å². The lowest BCUT2D eigenvalue weighted by atomic mass is 9.65. The SMILES string of the molecule is CC(C)ON1C(=O)[C@@H]2[C@H]3O[C@@H]([C@@H]2C1=O)[C@H]1[C@H]3[C@@]2(Cl)C[C@@]1(Cl)C(Cl)=C2Cl. The number of halogens is 4. The van der Waals surface area contributed by atoms with Crippen LogP contribution in [0.15, 0.2) is 10.1 Å². The van der Waals surface area contributed by atoms with Crippen LogP contribution in [0.4, 0.5) is 0 Å². The third kappa shape index (κ3) is 1.72. The summed E-state index contributed by atoms with van der Waals surface area (Å²) in [6.45, 7) is 3.53. The first kappa shape index (κ1) is 17.1. The highest BCUT2D eigenvalue weighted by Gasteiger charge is 2.82. The molecule has 0 N–H and O–H groups in total. The first-order chi connectivity index (χ1) is 11.6. The molecule has 4 bridgehead atoms. The molecule has 3 aliphatic heterocycles. The number of hydrogen-bond acceptors (Lipinski definition) is 4. The van der Waals surface area contributed by atoms with Crippen LogP contribution in [0.2, 0.25) is 0 Å². The van der Waals surface area contributed by atoms with E-state index in [0.29, 0.717) is 16.5 Å². The number of carbonyl (C=O) groups is 2. The lowest BCUT2D eigenvalue weighted by molar-refractivity contribution is -0.202. The van der Waals surface area contributed by atoms with Crippen LogP contribution in [0.1, 0.15) is 20.3 Å². The Morgan fingerprint density at radius 3 is 1.88 bits per heavy atom. The van der Waals surface area contributed by atoms with Gasteiger partial charge in [-0.25, -0.2) is 0 Å². The van der Waals surface area contributed by atoms with Gasteiger partial charge in [-0.1, -0.05) is 23.2 Å². The molecular formula is C16H15Cl4NO4. The van der Waals surface area contributed by atoms with Crippen molar-refractivity contribution in [2.24, 2.45) is 23.7 Å². The third-order valence-corrected chi connectivity index (χ3v) is 8.78. The topological polar surface area (TPSA) is 55.8 Å². The summed E-state index contributed by atoms with van der Waals surface area (Å²) in [5.74, 6) is -2.43. The van der Waals surface area contributed by atoms with Crippen LogP contribution in [-0.2, 0) is 19.2 Å². The molecule has 0 aromatic heterocycles. The third-order valence-electron chi connectivity index (χ3n) is 6.28. The number of hydrogen-bond donors (Lipinski definition) is 0. The molecule has 2 aliphatic carbocycles. The average molecular weight is 427 g/mol. The smallest absolute Gasteiger partial charge is 0.260 e. The van der Waals surface area contributed by atoms with E-state index in [1.807, 2.05) is 0 Å². The zero-order valence-electron chi connectivity index (χ0n) is 13.3. The van der Waals surface area contributed by atoms with Gasteiger partial charge in [0.25, 0.3) is 11.8 Å². The second-order valence-electron chi connectivity index (χ2n) is 7.82. The van der Waals surface area contributed by atoms with E-state index in [0.717, 1.165) is 5.06 Å². The van der Waals surface area contributed by atoms with Crippen molar-refractivity contribution in [1.29, 1.82) is 0 Å². The summed E-state index contributed by atoms with van der Waals surface area (Å²) in [4.78, 5) is 29.2.